The lowest BCUT2D eigenvalue weighted by Crippen LogP contribution is -2.23. The van der Waals surface area contributed by atoms with Crippen LogP contribution in [0.15, 0.2) is 53.1 Å². The van der Waals surface area contributed by atoms with Gasteiger partial charge in [-0.2, -0.15) is 0 Å². The van der Waals surface area contributed by atoms with E-state index in [1.54, 1.807) is 12.1 Å². The zero-order valence-corrected chi connectivity index (χ0v) is 19.3. The fourth-order valence-corrected chi connectivity index (χ4v) is 5.68. The molecule has 1 aliphatic heterocycles. The van der Waals surface area contributed by atoms with Crippen LogP contribution in [-0.2, 0) is 0 Å². The van der Waals surface area contributed by atoms with Gasteiger partial charge in [0.1, 0.15) is 11.5 Å². The van der Waals surface area contributed by atoms with Crippen LogP contribution in [0.3, 0.4) is 0 Å². The number of allylic oxidation sites excluding steroid dienone is 1. The number of hydrogen-bond donors (Lipinski definition) is 1. The number of aromatic carboxylic acids is 1. The molecule has 7 heteroatoms. The lowest BCUT2D eigenvalue weighted by atomic mass is 10.0. The standard InChI is InChI=1S/C26H22Cl2N2O3/c27-21-2-1-3-22(28)23(21)24-18(25(33-29-24)14-4-5-14)11-10-17-19-12-30(13-20(17)19)16-8-6-15(7-9-16)26(31)32/h1-3,6-11,14,17,19-20H,4-5,12-13H2,(H,31,32)/b11-10+. The van der Waals surface area contributed by atoms with Crippen molar-refractivity contribution in [3.8, 4) is 11.3 Å². The Morgan fingerprint density at radius 2 is 1.73 bits per heavy atom. The zero-order valence-electron chi connectivity index (χ0n) is 17.7. The molecule has 0 bridgehead atoms. The van der Waals surface area contributed by atoms with Crippen LogP contribution in [0.2, 0.25) is 10.0 Å². The number of carbonyl (C=O) groups is 1. The van der Waals surface area contributed by atoms with E-state index in [-0.39, 0.29) is 0 Å². The van der Waals surface area contributed by atoms with E-state index in [0.717, 1.165) is 54.2 Å². The first kappa shape index (κ1) is 20.8. The van der Waals surface area contributed by atoms with E-state index >= 15 is 0 Å². The Morgan fingerprint density at radius 1 is 1.06 bits per heavy atom. The molecule has 1 saturated heterocycles. The summed E-state index contributed by atoms with van der Waals surface area (Å²) < 4.78 is 5.76. The number of hydrogen-bond acceptors (Lipinski definition) is 4. The predicted octanol–water partition coefficient (Wildman–Crippen LogP) is 6.62. The van der Waals surface area contributed by atoms with E-state index in [9.17, 15) is 4.79 Å². The van der Waals surface area contributed by atoms with Crippen LogP contribution in [0.4, 0.5) is 5.69 Å². The number of nitrogens with zero attached hydrogens (tertiary/aromatic N) is 2. The number of benzene rings is 2. The second-order valence-electron chi connectivity index (χ2n) is 9.20. The van der Waals surface area contributed by atoms with Gasteiger partial charge in [0.05, 0.1) is 15.6 Å². The molecule has 2 aromatic carbocycles. The first-order valence-electron chi connectivity index (χ1n) is 11.2. The van der Waals surface area contributed by atoms with Crippen molar-refractivity contribution in [2.24, 2.45) is 17.8 Å². The van der Waals surface area contributed by atoms with Gasteiger partial charge >= 0.3 is 5.97 Å². The maximum Gasteiger partial charge on any atom is 0.335 e. The normalized spacial score (nSPS) is 23.8. The molecule has 0 radical (unpaired) electrons. The molecule has 3 aliphatic rings. The van der Waals surface area contributed by atoms with Gasteiger partial charge in [0.15, 0.2) is 0 Å². The fourth-order valence-electron chi connectivity index (χ4n) is 5.11. The van der Waals surface area contributed by atoms with Crippen molar-refractivity contribution in [2.75, 3.05) is 18.0 Å². The van der Waals surface area contributed by atoms with E-state index in [4.69, 9.17) is 32.8 Å². The third-order valence-electron chi connectivity index (χ3n) is 7.13. The van der Waals surface area contributed by atoms with Crippen LogP contribution in [0.1, 0.15) is 40.4 Å². The molecule has 1 aromatic heterocycles. The second-order valence-corrected chi connectivity index (χ2v) is 10.0. The highest BCUT2D eigenvalue weighted by molar-refractivity contribution is 6.39. The summed E-state index contributed by atoms with van der Waals surface area (Å²) >= 11 is 12.9. The summed E-state index contributed by atoms with van der Waals surface area (Å²) in [5.41, 5.74) is 3.84. The Labute approximate surface area is 201 Å². The molecule has 0 spiro atoms. The SMILES string of the molecule is O=C(O)c1ccc(N2CC3C(/C=C/c4c(-c5c(Cl)cccc5Cl)noc4C4CC4)C3C2)cc1. The van der Waals surface area contributed by atoms with Crippen LogP contribution >= 0.6 is 23.2 Å². The fraction of sp³-hybridized carbons (Fsp3) is 0.308. The van der Waals surface area contributed by atoms with E-state index in [1.165, 1.54) is 0 Å². The van der Waals surface area contributed by atoms with E-state index in [1.807, 2.05) is 30.3 Å². The molecule has 3 fully saturated rings. The first-order valence-corrected chi connectivity index (χ1v) is 12.0. The smallest absolute Gasteiger partial charge is 0.335 e. The molecule has 2 heterocycles. The minimum Gasteiger partial charge on any atom is -0.478 e. The third-order valence-corrected chi connectivity index (χ3v) is 7.76. The lowest BCUT2D eigenvalue weighted by molar-refractivity contribution is 0.0697. The van der Waals surface area contributed by atoms with Crippen molar-refractivity contribution in [2.45, 2.75) is 18.8 Å². The van der Waals surface area contributed by atoms with E-state index < -0.39 is 5.97 Å². The molecule has 2 unspecified atom stereocenters. The molecular formula is C26H22Cl2N2O3. The lowest BCUT2D eigenvalue weighted by Gasteiger charge is -2.21. The number of carboxylic acid groups (broad SMARTS) is 1. The van der Waals surface area contributed by atoms with Crippen LogP contribution in [0, 0.1) is 17.8 Å². The van der Waals surface area contributed by atoms with Gasteiger partial charge in [-0.3, -0.25) is 0 Å². The summed E-state index contributed by atoms with van der Waals surface area (Å²) in [4.78, 5) is 13.4. The topological polar surface area (TPSA) is 66.6 Å². The first-order chi connectivity index (χ1) is 16.0. The van der Waals surface area contributed by atoms with Gasteiger partial charge in [-0.05, 0) is 67.0 Å². The number of piperidine rings is 1. The van der Waals surface area contributed by atoms with Gasteiger partial charge in [0.2, 0.25) is 0 Å². The molecule has 6 rings (SSSR count). The molecule has 2 aliphatic carbocycles. The number of fused-ring (bicyclic) bond motifs is 1. The van der Waals surface area contributed by atoms with Gasteiger partial charge in [-0.25, -0.2) is 4.79 Å². The van der Waals surface area contributed by atoms with Crippen molar-refractivity contribution < 1.29 is 14.4 Å². The number of aromatic nitrogens is 1. The molecular weight excluding hydrogens is 459 g/mol. The molecule has 3 aromatic rings. The highest BCUT2D eigenvalue weighted by Gasteiger charge is 2.54. The maximum absolute atomic E-state index is 11.1. The molecule has 1 N–H and O–H groups in total. The average molecular weight is 481 g/mol. The number of halogens is 2. The van der Waals surface area contributed by atoms with Gasteiger partial charge in [-0.1, -0.05) is 46.6 Å². The van der Waals surface area contributed by atoms with Crippen molar-refractivity contribution >= 4 is 40.9 Å². The van der Waals surface area contributed by atoms with Crippen molar-refractivity contribution in [3.05, 3.63) is 75.5 Å². The van der Waals surface area contributed by atoms with Gasteiger partial charge < -0.3 is 14.5 Å². The highest BCUT2D eigenvalue weighted by atomic mass is 35.5. The third kappa shape index (κ3) is 3.73. The van der Waals surface area contributed by atoms with Gasteiger partial charge in [0.25, 0.3) is 0 Å². The van der Waals surface area contributed by atoms with Crippen LogP contribution in [-0.4, -0.2) is 29.3 Å². The van der Waals surface area contributed by atoms with Crippen LogP contribution in [0.25, 0.3) is 17.3 Å². The molecule has 2 saturated carbocycles. The van der Waals surface area contributed by atoms with Gasteiger partial charge in [0, 0.05) is 35.8 Å². The monoisotopic (exact) mass is 480 g/mol. The molecule has 33 heavy (non-hydrogen) atoms. The molecule has 0 amide bonds. The summed E-state index contributed by atoms with van der Waals surface area (Å²) in [5.74, 6) is 2.20. The summed E-state index contributed by atoms with van der Waals surface area (Å²) in [6, 6.07) is 12.6. The number of rotatable bonds is 6. The van der Waals surface area contributed by atoms with Crippen LogP contribution in [0.5, 0.6) is 0 Å². The zero-order chi connectivity index (χ0) is 22.7. The maximum atomic E-state index is 11.1. The molecule has 5 nitrogen and oxygen atoms in total. The van der Waals surface area contributed by atoms with Crippen molar-refractivity contribution in [3.63, 3.8) is 0 Å². The predicted molar refractivity (Wildman–Crippen MR) is 129 cm³/mol. The highest BCUT2D eigenvalue weighted by Crippen LogP contribution is 2.54. The van der Waals surface area contributed by atoms with Crippen molar-refractivity contribution in [1.82, 2.24) is 5.16 Å². The number of anilines is 1. The Balaban J connectivity index is 1.20. The van der Waals surface area contributed by atoms with E-state index in [0.29, 0.717) is 39.3 Å². The summed E-state index contributed by atoms with van der Waals surface area (Å²) in [6.07, 6.45) is 6.70. The Kier molecular flexibility index (Phi) is 5.00. The second kappa shape index (κ2) is 7.93. The minimum atomic E-state index is -0.896. The van der Waals surface area contributed by atoms with Crippen molar-refractivity contribution in [1.29, 1.82) is 0 Å². The van der Waals surface area contributed by atoms with E-state index in [2.05, 4.69) is 22.2 Å². The summed E-state index contributed by atoms with van der Waals surface area (Å²) in [6.45, 7) is 1.96. The molecule has 2 atom stereocenters. The Hall–Kier alpha value is -2.76. The molecule has 168 valence electrons. The number of carboxylic acids is 1. The summed E-state index contributed by atoms with van der Waals surface area (Å²) in [7, 11) is 0. The minimum absolute atomic E-state index is 0.318. The Morgan fingerprint density at radius 3 is 2.33 bits per heavy atom. The quantitative estimate of drug-likeness (QED) is 0.429. The Bertz CT molecular complexity index is 1230. The average Bonchev–Trinajstić information content (AvgIpc) is 3.67. The summed E-state index contributed by atoms with van der Waals surface area (Å²) in [5, 5.41) is 14.6. The van der Waals surface area contributed by atoms with Gasteiger partial charge in [-0.15, -0.1) is 0 Å². The largest absolute Gasteiger partial charge is 0.478 e. The van der Waals surface area contributed by atoms with Crippen LogP contribution < -0.4 is 4.90 Å².